The zero-order chi connectivity index (χ0) is 20.9. The molecule has 0 unspecified atom stereocenters. The smallest absolute Gasteiger partial charge is 0.392 e. The number of halogens is 3. The van der Waals surface area contributed by atoms with Crippen molar-refractivity contribution in [3.63, 3.8) is 0 Å². The maximum Gasteiger partial charge on any atom is 0.392 e. The lowest BCUT2D eigenvalue weighted by Gasteiger charge is -2.41. The molecule has 8 heteroatoms. The van der Waals surface area contributed by atoms with Gasteiger partial charge in [-0.3, -0.25) is 4.90 Å². The van der Waals surface area contributed by atoms with Crippen LogP contribution in [0.2, 0.25) is 0 Å². The number of methoxy groups -OCH3 is 1. The lowest BCUT2D eigenvalue weighted by atomic mass is 9.83. The van der Waals surface area contributed by atoms with Crippen molar-refractivity contribution in [2.24, 2.45) is 0 Å². The molecule has 0 saturated carbocycles. The average molecular weight is 421 g/mol. The third-order valence-electron chi connectivity index (χ3n) is 6.02. The van der Waals surface area contributed by atoms with E-state index in [1.54, 1.807) is 0 Å². The molecule has 3 heterocycles. The van der Waals surface area contributed by atoms with Crippen molar-refractivity contribution >= 4 is 0 Å². The molecular weight excluding hydrogens is 399 g/mol. The highest BCUT2D eigenvalue weighted by Crippen LogP contribution is 2.45. The van der Waals surface area contributed by atoms with Crippen LogP contribution < -0.4 is 18.9 Å². The largest absolute Gasteiger partial charge is 0.493 e. The summed E-state index contributed by atoms with van der Waals surface area (Å²) < 4.78 is 59.4. The summed E-state index contributed by atoms with van der Waals surface area (Å²) in [4.78, 5) is 2.43. The summed E-state index contributed by atoms with van der Waals surface area (Å²) in [5.41, 5.74) is 4.69. The summed E-state index contributed by atoms with van der Waals surface area (Å²) in [7, 11) is 1.50. The first-order valence-electron chi connectivity index (χ1n) is 9.97. The van der Waals surface area contributed by atoms with Crippen molar-refractivity contribution < 1.29 is 32.1 Å². The van der Waals surface area contributed by atoms with Crippen molar-refractivity contribution in [1.29, 1.82) is 0 Å². The minimum atomic E-state index is -4.25. The van der Waals surface area contributed by atoms with Crippen molar-refractivity contribution in [2.75, 3.05) is 27.1 Å². The molecule has 2 aromatic rings. The normalized spacial score (nSPS) is 19.7. The number of hydrogen-bond donors (Lipinski definition) is 0. The Balaban J connectivity index is 1.43. The van der Waals surface area contributed by atoms with Gasteiger partial charge in [0.2, 0.25) is 6.79 Å². The summed E-state index contributed by atoms with van der Waals surface area (Å²) >= 11 is 0. The molecule has 5 nitrogen and oxygen atoms in total. The quantitative estimate of drug-likeness (QED) is 0.732. The van der Waals surface area contributed by atoms with E-state index in [0.29, 0.717) is 11.5 Å². The Hall–Kier alpha value is -2.61. The fourth-order valence-corrected chi connectivity index (χ4v) is 4.53. The van der Waals surface area contributed by atoms with Gasteiger partial charge in [0.15, 0.2) is 23.0 Å². The first kappa shape index (κ1) is 19.4. The Morgan fingerprint density at radius 3 is 2.57 bits per heavy atom. The highest BCUT2D eigenvalue weighted by atomic mass is 19.4. The molecule has 1 atom stereocenters. The van der Waals surface area contributed by atoms with Gasteiger partial charge >= 0.3 is 6.18 Å². The standard InChI is InChI=1S/C22H22F3NO4/c1-27-18-9-15-11-26-4-2-13-7-20-21(30-12-29-20)10-16(13)17(26)6-14(15)8-19(18)28-5-3-22(23,24)25/h7-10,17H,2-6,11-12H2,1H3/t17-/m0/s1. The molecule has 0 aromatic heterocycles. The van der Waals surface area contributed by atoms with Gasteiger partial charge in [-0.1, -0.05) is 0 Å². The monoisotopic (exact) mass is 421 g/mol. The zero-order valence-corrected chi connectivity index (χ0v) is 16.6. The van der Waals surface area contributed by atoms with Crippen LogP contribution in [0.25, 0.3) is 0 Å². The molecule has 3 aliphatic rings. The molecule has 0 N–H and O–H groups in total. The van der Waals surface area contributed by atoms with Crippen molar-refractivity contribution in [1.82, 2.24) is 4.90 Å². The molecule has 0 fully saturated rings. The van der Waals surface area contributed by atoms with Gasteiger partial charge in [-0.2, -0.15) is 13.2 Å². The fraction of sp³-hybridized carbons (Fsp3) is 0.455. The van der Waals surface area contributed by atoms with Crippen molar-refractivity contribution in [3.8, 4) is 23.0 Å². The summed E-state index contributed by atoms with van der Waals surface area (Å²) in [5.74, 6) is 2.39. The van der Waals surface area contributed by atoms with Crippen molar-refractivity contribution in [3.05, 3.63) is 46.5 Å². The fourth-order valence-electron chi connectivity index (χ4n) is 4.53. The number of hydrogen-bond acceptors (Lipinski definition) is 5. The van der Waals surface area contributed by atoms with E-state index in [9.17, 15) is 13.2 Å². The second-order valence-electron chi connectivity index (χ2n) is 7.83. The van der Waals surface area contributed by atoms with Crippen LogP contribution in [-0.2, 0) is 19.4 Å². The lowest BCUT2D eigenvalue weighted by Crippen LogP contribution is -2.39. The number of benzene rings is 2. The van der Waals surface area contributed by atoms with Crippen LogP contribution in [0, 0.1) is 0 Å². The van der Waals surface area contributed by atoms with E-state index in [4.69, 9.17) is 18.9 Å². The van der Waals surface area contributed by atoms with Crippen LogP contribution in [0.15, 0.2) is 24.3 Å². The molecule has 0 radical (unpaired) electrons. The highest BCUT2D eigenvalue weighted by Gasteiger charge is 2.34. The Labute approximate surface area is 172 Å². The van der Waals surface area contributed by atoms with Gasteiger partial charge in [-0.25, -0.2) is 0 Å². The molecular formula is C22H22F3NO4. The van der Waals surface area contributed by atoms with Gasteiger partial charge < -0.3 is 18.9 Å². The zero-order valence-electron chi connectivity index (χ0n) is 16.6. The molecule has 0 bridgehead atoms. The lowest BCUT2D eigenvalue weighted by molar-refractivity contribution is -0.139. The topological polar surface area (TPSA) is 40.2 Å². The minimum absolute atomic E-state index is 0.187. The van der Waals surface area contributed by atoms with Gasteiger partial charge in [0.05, 0.1) is 20.1 Å². The summed E-state index contributed by atoms with van der Waals surface area (Å²) in [5, 5.41) is 0. The number of alkyl halides is 3. The molecule has 0 saturated heterocycles. The Morgan fingerprint density at radius 2 is 1.80 bits per heavy atom. The average Bonchev–Trinajstić information content (AvgIpc) is 3.17. The van der Waals surface area contributed by atoms with E-state index >= 15 is 0 Å². The van der Waals surface area contributed by atoms with Gasteiger partial charge in [-0.05, 0) is 59.4 Å². The number of fused-ring (bicyclic) bond motifs is 5. The highest BCUT2D eigenvalue weighted by molar-refractivity contribution is 5.53. The van der Waals surface area contributed by atoms with E-state index in [2.05, 4.69) is 17.0 Å². The van der Waals surface area contributed by atoms with Crippen LogP contribution >= 0.6 is 0 Å². The molecule has 3 aliphatic heterocycles. The predicted molar refractivity (Wildman–Crippen MR) is 102 cm³/mol. The van der Waals surface area contributed by atoms with E-state index in [-0.39, 0.29) is 12.8 Å². The number of nitrogens with zero attached hydrogens (tertiary/aromatic N) is 1. The van der Waals surface area contributed by atoms with E-state index < -0.39 is 19.2 Å². The van der Waals surface area contributed by atoms with Crippen LogP contribution in [0.3, 0.4) is 0 Å². The van der Waals surface area contributed by atoms with Gasteiger partial charge in [-0.15, -0.1) is 0 Å². The van der Waals surface area contributed by atoms with E-state index in [0.717, 1.165) is 48.6 Å². The van der Waals surface area contributed by atoms with Crippen LogP contribution in [0.5, 0.6) is 23.0 Å². The molecule has 5 rings (SSSR count). The molecule has 160 valence electrons. The summed E-state index contributed by atoms with van der Waals surface area (Å²) in [6.45, 7) is 1.50. The Kier molecular flexibility index (Phi) is 4.69. The summed E-state index contributed by atoms with van der Waals surface area (Å²) in [6.07, 6.45) is -3.56. The van der Waals surface area contributed by atoms with Crippen LogP contribution in [-0.4, -0.2) is 38.1 Å². The SMILES string of the molecule is COc1cc2c(cc1OCCC(F)(F)F)C[C@H]1c3cc4c(cc3CCN1C2)OCO4. The Morgan fingerprint density at radius 1 is 1.03 bits per heavy atom. The maximum atomic E-state index is 12.5. The molecule has 30 heavy (non-hydrogen) atoms. The minimum Gasteiger partial charge on any atom is -0.493 e. The van der Waals surface area contributed by atoms with Gasteiger partial charge in [0.25, 0.3) is 0 Å². The van der Waals surface area contributed by atoms with Crippen LogP contribution in [0.4, 0.5) is 13.2 Å². The van der Waals surface area contributed by atoms with E-state index in [1.807, 2.05) is 12.1 Å². The predicted octanol–water partition coefficient (Wildman–Crippen LogP) is 4.41. The van der Waals surface area contributed by atoms with Gasteiger partial charge in [0.1, 0.15) is 0 Å². The molecule has 0 spiro atoms. The number of ether oxygens (including phenoxy) is 4. The second-order valence-corrected chi connectivity index (χ2v) is 7.83. The Bertz CT molecular complexity index is 976. The van der Waals surface area contributed by atoms with Crippen molar-refractivity contribution in [2.45, 2.75) is 38.0 Å². The first-order valence-corrected chi connectivity index (χ1v) is 9.97. The molecule has 0 amide bonds. The number of rotatable bonds is 4. The molecule has 2 aromatic carbocycles. The maximum absolute atomic E-state index is 12.5. The van der Waals surface area contributed by atoms with Crippen LogP contribution in [0.1, 0.15) is 34.7 Å². The van der Waals surface area contributed by atoms with E-state index in [1.165, 1.54) is 18.2 Å². The van der Waals surface area contributed by atoms with Gasteiger partial charge in [0, 0.05) is 19.1 Å². The third kappa shape index (κ3) is 3.53. The summed E-state index contributed by atoms with van der Waals surface area (Å²) in [6, 6.07) is 8.06. The second kappa shape index (κ2) is 7.27. The third-order valence-corrected chi connectivity index (χ3v) is 6.02. The molecule has 0 aliphatic carbocycles. The first-order chi connectivity index (χ1) is 14.4.